The fourth-order valence-corrected chi connectivity index (χ4v) is 6.70. The summed E-state index contributed by atoms with van der Waals surface area (Å²) in [5, 5.41) is 14.4. The molecule has 10 nitrogen and oxygen atoms in total. The molecule has 0 bridgehead atoms. The van der Waals surface area contributed by atoms with Gasteiger partial charge in [-0.15, -0.1) is 0 Å². The van der Waals surface area contributed by atoms with E-state index in [9.17, 15) is 18.8 Å². The predicted molar refractivity (Wildman–Crippen MR) is 157 cm³/mol. The van der Waals surface area contributed by atoms with Crippen LogP contribution in [0.4, 0.5) is 10.1 Å². The van der Waals surface area contributed by atoms with Crippen molar-refractivity contribution in [3.8, 4) is 0 Å². The number of rotatable bonds is 11. The number of fused-ring (bicyclic) bond motifs is 3. The van der Waals surface area contributed by atoms with E-state index < -0.39 is 37.0 Å². The summed E-state index contributed by atoms with van der Waals surface area (Å²) in [6.07, 6.45) is 4.45. The van der Waals surface area contributed by atoms with Crippen LogP contribution in [0.1, 0.15) is 63.1 Å². The smallest absolute Gasteiger partial charge is 0.293 e. The maximum Gasteiger partial charge on any atom is 0.293 e. The lowest BCUT2D eigenvalue weighted by atomic mass is 10.0. The van der Waals surface area contributed by atoms with Gasteiger partial charge in [-0.1, -0.05) is 31.2 Å². The largest absolute Gasteiger partial charge is 0.358 e. The second kappa shape index (κ2) is 10.4. The van der Waals surface area contributed by atoms with Crippen LogP contribution in [0.3, 0.4) is 0 Å². The molecule has 2 amide bonds. The normalized spacial score (nSPS) is 19.7. The second-order valence-corrected chi connectivity index (χ2v) is 18.9. The van der Waals surface area contributed by atoms with Gasteiger partial charge in [-0.2, -0.15) is 15.0 Å². The van der Waals surface area contributed by atoms with Crippen molar-refractivity contribution in [2.24, 2.45) is 5.92 Å². The Bertz CT molecular complexity index is 1610. The van der Waals surface area contributed by atoms with Crippen LogP contribution < -0.4 is 10.6 Å². The van der Waals surface area contributed by atoms with E-state index in [1.807, 2.05) is 4.57 Å². The molecule has 2 atom stereocenters. The number of aromatic nitrogens is 4. The Morgan fingerprint density at radius 1 is 1.24 bits per heavy atom. The zero-order valence-corrected chi connectivity index (χ0v) is 25.8. The highest BCUT2D eigenvalue weighted by atomic mass is 35.5. The van der Waals surface area contributed by atoms with Crippen LogP contribution in [0.5, 0.6) is 0 Å². The van der Waals surface area contributed by atoms with Crippen molar-refractivity contribution in [3.05, 3.63) is 63.4 Å². The summed E-state index contributed by atoms with van der Waals surface area (Å²) in [6.45, 7) is 9.41. The molecule has 2 aromatic heterocycles. The maximum atomic E-state index is 13.6. The van der Waals surface area contributed by atoms with Gasteiger partial charge in [-0.3, -0.25) is 14.4 Å². The number of ether oxygens (including phenoxy) is 1. The molecule has 2 aliphatic carbocycles. The molecule has 2 N–H and O–H groups in total. The molecule has 222 valence electrons. The van der Waals surface area contributed by atoms with E-state index in [2.05, 4.69) is 40.5 Å². The summed E-state index contributed by atoms with van der Waals surface area (Å²) >= 11 is 5.89. The summed E-state index contributed by atoms with van der Waals surface area (Å²) in [5.41, 5.74) is 1.96. The van der Waals surface area contributed by atoms with Crippen molar-refractivity contribution in [1.29, 1.82) is 0 Å². The van der Waals surface area contributed by atoms with Crippen LogP contribution in [0, 0.1) is 18.7 Å². The minimum absolute atomic E-state index is 0.108. The summed E-state index contributed by atoms with van der Waals surface area (Å²) in [5.74, 6) is -2.08. The highest BCUT2D eigenvalue weighted by Gasteiger charge is 2.52. The summed E-state index contributed by atoms with van der Waals surface area (Å²) in [4.78, 5) is 41.9. The molecule has 2 fully saturated rings. The lowest BCUT2D eigenvalue weighted by molar-refractivity contribution is -0.118. The zero-order chi connectivity index (χ0) is 30.0. The molecule has 3 aromatic rings. The molecule has 0 saturated heterocycles. The number of Topliss-reactive ketones (excluding diaryl/α,β-unsaturated/α-hetero) is 1. The maximum absolute atomic E-state index is 13.6. The van der Waals surface area contributed by atoms with Crippen LogP contribution >= 0.6 is 11.6 Å². The number of carbonyl (C=O) groups excluding carboxylic acids is 3. The van der Waals surface area contributed by atoms with Gasteiger partial charge in [0.15, 0.2) is 6.73 Å². The molecule has 2 saturated carbocycles. The van der Waals surface area contributed by atoms with Gasteiger partial charge in [0.25, 0.3) is 17.6 Å². The lowest BCUT2D eigenvalue weighted by Crippen LogP contribution is -2.40. The monoisotopic (exact) mass is 612 g/mol. The molecule has 0 spiro atoms. The average Bonchev–Trinajstić information content (AvgIpc) is 3.74. The van der Waals surface area contributed by atoms with Crippen LogP contribution in [0.15, 0.2) is 24.4 Å². The highest BCUT2D eigenvalue weighted by Crippen LogP contribution is 2.54. The predicted octanol–water partition coefficient (Wildman–Crippen LogP) is 4.85. The Morgan fingerprint density at radius 3 is 2.69 bits per heavy atom. The number of anilines is 1. The van der Waals surface area contributed by atoms with E-state index in [1.165, 1.54) is 23.0 Å². The average molecular weight is 613 g/mol. The minimum atomic E-state index is -1.20. The Hall–Kier alpha value is -3.35. The van der Waals surface area contributed by atoms with E-state index in [0.717, 1.165) is 12.5 Å². The van der Waals surface area contributed by atoms with E-state index in [-0.39, 0.29) is 23.4 Å². The van der Waals surface area contributed by atoms with E-state index in [0.29, 0.717) is 60.1 Å². The number of hydrogen-bond donors (Lipinski definition) is 2. The Kier molecular flexibility index (Phi) is 7.14. The van der Waals surface area contributed by atoms with E-state index >= 15 is 0 Å². The van der Waals surface area contributed by atoms with Gasteiger partial charge >= 0.3 is 0 Å². The third-order valence-electron chi connectivity index (χ3n) is 8.38. The Labute approximate surface area is 248 Å². The van der Waals surface area contributed by atoms with Crippen molar-refractivity contribution < 1.29 is 23.5 Å². The SMILES string of the molecule is Cc1c(C(=O)C(=O)NC2(c3cnn(COCC[Si](C)(C)C)n3)CC2)c2n(c1C(=O)Nc1ccc(F)c(Cl)c1)C1CC1C2. The van der Waals surface area contributed by atoms with Crippen molar-refractivity contribution in [3.63, 3.8) is 0 Å². The zero-order valence-electron chi connectivity index (χ0n) is 24.1. The molecule has 3 aliphatic rings. The molecule has 3 heterocycles. The van der Waals surface area contributed by atoms with Gasteiger partial charge in [-0.25, -0.2) is 4.39 Å². The third kappa shape index (κ3) is 5.43. The number of nitrogens with zero attached hydrogens (tertiary/aromatic N) is 4. The summed E-state index contributed by atoms with van der Waals surface area (Å²) in [7, 11) is -1.20. The van der Waals surface area contributed by atoms with Gasteiger partial charge in [0.05, 0.1) is 22.3 Å². The summed E-state index contributed by atoms with van der Waals surface area (Å²) < 4.78 is 21.3. The number of nitrogens with one attached hydrogen (secondary N) is 2. The van der Waals surface area contributed by atoms with Crippen LogP contribution in [-0.4, -0.2) is 51.8 Å². The lowest BCUT2D eigenvalue weighted by Gasteiger charge is -2.15. The van der Waals surface area contributed by atoms with Crippen molar-refractivity contribution in [2.75, 3.05) is 11.9 Å². The Morgan fingerprint density at radius 2 is 2.00 bits per heavy atom. The van der Waals surface area contributed by atoms with E-state index in [1.54, 1.807) is 13.1 Å². The second-order valence-electron chi connectivity index (χ2n) is 12.8. The molecular weight excluding hydrogens is 579 g/mol. The summed E-state index contributed by atoms with van der Waals surface area (Å²) in [6, 6.07) is 5.10. The fourth-order valence-electron chi connectivity index (χ4n) is 5.76. The first-order chi connectivity index (χ1) is 19.9. The molecular formula is C29H34ClFN6O4Si. The van der Waals surface area contributed by atoms with Gasteiger partial charge in [-0.05, 0) is 68.3 Å². The first-order valence-electron chi connectivity index (χ1n) is 14.2. The third-order valence-corrected chi connectivity index (χ3v) is 10.4. The van der Waals surface area contributed by atoms with Gasteiger partial charge in [0.2, 0.25) is 0 Å². The van der Waals surface area contributed by atoms with Crippen LogP contribution in [0.25, 0.3) is 0 Å². The van der Waals surface area contributed by atoms with Gasteiger partial charge in [0, 0.05) is 32.1 Å². The number of carbonyl (C=O) groups is 3. The van der Waals surface area contributed by atoms with Gasteiger partial charge in [0.1, 0.15) is 17.2 Å². The fraction of sp³-hybridized carbons (Fsp3) is 0.483. The molecule has 1 aromatic carbocycles. The number of halogens is 2. The van der Waals surface area contributed by atoms with E-state index in [4.69, 9.17) is 16.3 Å². The molecule has 0 radical (unpaired) electrons. The van der Waals surface area contributed by atoms with Crippen molar-refractivity contribution >= 4 is 43.0 Å². The van der Waals surface area contributed by atoms with Crippen molar-refractivity contribution in [2.45, 2.75) is 76.6 Å². The van der Waals surface area contributed by atoms with Crippen molar-refractivity contribution in [1.82, 2.24) is 24.9 Å². The number of benzene rings is 1. The Balaban J connectivity index is 1.17. The molecule has 2 unspecified atom stereocenters. The molecule has 1 aliphatic heterocycles. The molecule has 13 heteroatoms. The first-order valence-corrected chi connectivity index (χ1v) is 18.3. The minimum Gasteiger partial charge on any atom is -0.358 e. The number of hydrogen-bond acceptors (Lipinski definition) is 6. The molecule has 42 heavy (non-hydrogen) atoms. The van der Waals surface area contributed by atoms with Crippen LogP contribution in [-0.2, 0) is 28.2 Å². The van der Waals surface area contributed by atoms with Crippen LogP contribution in [0.2, 0.25) is 30.7 Å². The first kappa shape index (κ1) is 28.8. The number of ketones is 1. The number of amides is 2. The topological polar surface area (TPSA) is 120 Å². The molecule has 6 rings (SSSR count). The van der Waals surface area contributed by atoms with Gasteiger partial charge < -0.3 is 19.9 Å². The standard InChI is InChI=1S/C29H34ClFN6O4Si/c1-16-24(22-12-17-11-21(17)37(22)25(16)27(39)33-18-5-6-20(31)19(30)13-18)26(38)28(40)34-29(7-8-29)23-14-32-36(35-23)15-41-9-10-42(2,3)4/h5-6,13-14,17,21H,7-12,15H2,1-4H3,(H,33,39)(H,34,40). The highest BCUT2D eigenvalue weighted by molar-refractivity contribution is 6.76. The quantitative estimate of drug-likeness (QED) is 0.138.